The van der Waals surface area contributed by atoms with E-state index in [0.717, 1.165) is 11.3 Å². The zero-order valence-corrected chi connectivity index (χ0v) is 11.3. The van der Waals surface area contributed by atoms with Crippen LogP contribution in [0.25, 0.3) is 11.1 Å². The molecular weight excluding hydrogens is 240 g/mol. The molecule has 0 aromatic rings. The molecule has 0 N–H and O–H groups in total. The maximum absolute atomic E-state index is 5.87. The Kier molecular flexibility index (Phi) is 3.17. The summed E-state index contributed by atoms with van der Waals surface area (Å²) in [6.45, 7) is 4.94. The molecule has 2 aliphatic carbocycles. The van der Waals surface area contributed by atoms with Crippen LogP contribution in [-0.4, -0.2) is 25.1 Å². The third kappa shape index (κ3) is 2.72. The predicted octanol–water partition coefficient (Wildman–Crippen LogP) is 3.32. The van der Waals surface area contributed by atoms with Crippen molar-refractivity contribution in [3.8, 4) is 16.9 Å². The summed E-state index contributed by atoms with van der Waals surface area (Å²) in [5.74, 6) is 0.411. The van der Waals surface area contributed by atoms with Gasteiger partial charge in [-0.25, -0.2) is 0 Å². The van der Waals surface area contributed by atoms with Crippen LogP contribution in [0.5, 0.6) is 5.75 Å². The number of fused-ring (bicyclic) bond motifs is 1. The highest BCUT2D eigenvalue weighted by molar-refractivity contribution is 5.73. The van der Waals surface area contributed by atoms with Gasteiger partial charge in [-0.05, 0) is 25.5 Å². The van der Waals surface area contributed by atoms with Gasteiger partial charge in [0.2, 0.25) is 0 Å². The average molecular weight is 258 g/mol. The first-order valence-corrected chi connectivity index (χ1v) is 6.56. The molecule has 1 aliphatic heterocycles. The lowest BCUT2D eigenvalue weighted by molar-refractivity contribution is -0.141. The van der Waals surface area contributed by atoms with Crippen LogP contribution in [0.4, 0.5) is 0 Å². The molecule has 0 saturated carbocycles. The molecule has 0 unspecified atom stereocenters. The second kappa shape index (κ2) is 4.83. The fourth-order valence-corrected chi connectivity index (χ4v) is 2.34. The van der Waals surface area contributed by atoms with E-state index in [1.165, 1.54) is 5.56 Å². The van der Waals surface area contributed by atoms with Crippen LogP contribution >= 0.6 is 0 Å². The molecule has 1 saturated heterocycles. The number of ether oxygens (including phenoxy) is 3. The Hall–Kier alpha value is -1.58. The van der Waals surface area contributed by atoms with E-state index < -0.39 is 5.79 Å². The third-order valence-corrected chi connectivity index (χ3v) is 3.24. The SMILES string of the molecule is CC1(C)OC[C@H](COc2ccc3cccccc2-3)O1. The van der Waals surface area contributed by atoms with Crippen molar-refractivity contribution in [1.82, 2.24) is 0 Å². The molecule has 0 spiro atoms. The standard InChI is InChI=1S/C16H18O3/c1-16(2)18-11-13(19-16)10-17-15-9-8-12-6-4-3-5-7-14(12)15/h3-9,13H,10-11H2,1-2H3/t13-/m0/s1. The zero-order valence-electron chi connectivity index (χ0n) is 11.3. The maximum Gasteiger partial charge on any atom is 0.163 e. The van der Waals surface area contributed by atoms with Crippen LogP contribution < -0.4 is 4.74 Å². The first kappa shape index (κ1) is 12.5. The maximum atomic E-state index is 5.87. The lowest BCUT2D eigenvalue weighted by Gasteiger charge is -2.17. The highest BCUT2D eigenvalue weighted by Gasteiger charge is 2.33. The van der Waals surface area contributed by atoms with Crippen LogP contribution in [0.2, 0.25) is 0 Å². The third-order valence-electron chi connectivity index (χ3n) is 3.24. The van der Waals surface area contributed by atoms with Crippen molar-refractivity contribution in [2.45, 2.75) is 25.7 Å². The molecule has 100 valence electrons. The molecule has 0 aromatic heterocycles. The Morgan fingerprint density at radius 3 is 2.79 bits per heavy atom. The lowest BCUT2D eigenvalue weighted by atomic mass is 10.2. The normalized spacial score (nSPS) is 21.7. The fourth-order valence-electron chi connectivity index (χ4n) is 2.34. The summed E-state index contributed by atoms with van der Waals surface area (Å²) in [7, 11) is 0. The summed E-state index contributed by atoms with van der Waals surface area (Å²) in [4.78, 5) is 0. The van der Waals surface area contributed by atoms with E-state index in [4.69, 9.17) is 14.2 Å². The van der Waals surface area contributed by atoms with Gasteiger partial charge in [-0.2, -0.15) is 0 Å². The van der Waals surface area contributed by atoms with Crippen molar-refractivity contribution >= 4 is 0 Å². The van der Waals surface area contributed by atoms with E-state index in [1.807, 2.05) is 38.1 Å². The largest absolute Gasteiger partial charge is 0.490 e. The van der Waals surface area contributed by atoms with Gasteiger partial charge in [0.25, 0.3) is 0 Å². The highest BCUT2D eigenvalue weighted by atomic mass is 16.7. The van der Waals surface area contributed by atoms with Gasteiger partial charge in [0.05, 0.1) is 6.61 Å². The Bertz CT molecular complexity index is 535. The van der Waals surface area contributed by atoms with E-state index in [-0.39, 0.29) is 6.10 Å². The van der Waals surface area contributed by atoms with Gasteiger partial charge in [-0.1, -0.05) is 36.4 Å². The molecule has 19 heavy (non-hydrogen) atoms. The van der Waals surface area contributed by atoms with Crippen molar-refractivity contribution in [2.75, 3.05) is 13.2 Å². The summed E-state index contributed by atoms with van der Waals surface area (Å²) < 4.78 is 17.1. The number of hydrogen-bond donors (Lipinski definition) is 0. The second-order valence-corrected chi connectivity index (χ2v) is 5.24. The van der Waals surface area contributed by atoms with E-state index >= 15 is 0 Å². The van der Waals surface area contributed by atoms with Gasteiger partial charge in [0.15, 0.2) is 5.79 Å². The molecule has 1 fully saturated rings. The summed E-state index contributed by atoms with van der Waals surface area (Å²) in [6.07, 6.45) is -0.00240. The minimum atomic E-state index is -0.492. The van der Waals surface area contributed by atoms with Gasteiger partial charge in [0, 0.05) is 5.56 Å². The fraction of sp³-hybridized carbons (Fsp3) is 0.375. The van der Waals surface area contributed by atoms with E-state index in [0.29, 0.717) is 13.2 Å². The Balaban J connectivity index is 1.67. The lowest BCUT2D eigenvalue weighted by Crippen LogP contribution is -2.25. The monoisotopic (exact) mass is 258 g/mol. The van der Waals surface area contributed by atoms with Gasteiger partial charge in [0.1, 0.15) is 18.5 Å². The summed E-state index contributed by atoms with van der Waals surface area (Å²) >= 11 is 0. The molecule has 1 heterocycles. The first-order valence-electron chi connectivity index (χ1n) is 6.56. The summed E-state index contributed by atoms with van der Waals surface area (Å²) in [5.41, 5.74) is 2.31. The minimum Gasteiger partial charge on any atom is -0.490 e. The van der Waals surface area contributed by atoms with Crippen LogP contribution in [0.3, 0.4) is 0 Å². The Morgan fingerprint density at radius 2 is 2.00 bits per heavy atom. The van der Waals surface area contributed by atoms with Gasteiger partial charge >= 0.3 is 0 Å². The average Bonchev–Trinajstić information content (AvgIpc) is 2.82. The molecule has 3 aliphatic rings. The molecule has 3 rings (SSSR count). The molecule has 0 aromatic carbocycles. The van der Waals surface area contributed by atoms with Crippen molar-refractivity contribution in [3.63, 3.8) is 0 Å². The highest BCUT2D eigenvalue weighted by Crippen LogP contribution is 2.33. The van der Waals surface area contributed by atoms with Crippen LogP contribution in [0.15, 0.2) is 42.5 Å². The van der Waals surface area contributed by atoms with Crippen molar-refractivity contribution < 1.29 is 14.2 Å². The van der Waals surface area contributed by atoms with Crippen molar-refractivity contribution in [1.29, 1.82) is 0 Å². The van der Waals surface area contributed by atoms with Gasteiger partial charge in [-0.15, -0.1) is 0 Å². The smallest absolute Gasteiger partial charge is 0.163 e. The van der Waals surface area contributed by atoms with E-state index in [1.54, 1.807) is 0 Å². The number of hydrogen-bond acceptors (Lipinski definition) is 3. The van der Waals surface area contributed by atoms with Crippen LogP contribution in [0, 0.1) is 0 Å². The van der Waals surface area contributed by atoms with Gasteiger partial charge < -0.3 is 14.2 Å². The quantitative estimate of drug-likeness (QED) is 0.845. The molecule has 3 nitrogen and oxygen atoms in total. The molecule has 0 amide bonds. The topological polar surface area (TPSA) is 27.7 Å². The van der Waals surface area contributed by atoms with Gasteiger partial charge in [-0.3, -0.25) is 0 Å². The summed E-state index contributed by atoms with van der Waals surface area (Å²) in [6, 6.07) is 14.3. The van der Waals surface area contributed by atoms with Crippen LogP contribution in [0.1, 0.15) is 13.8 Å². The van der Waals surface area contributed by atoms with E-state index in [9.17, 15) is 0 Å². The molecule has 0 bridgehead atoms. The minimum absolute atomic E-state index is 0.00240. The van der Waals surface area contributed by atoms with Crippen molar-refractivity contribution in [2.24, 2.45) is 0 Å². The van der Waals surface area contributed by atoms with Crippen LogP contribution in [-0.2, 0) is 9.47 Å². The Morgan fingerprint density at radius 1 is 1.16 bits per heavy atom. The van der Waals surface area contributed by atoms with Crippen molar-refractivity contribution in [3.05, 3.63) is 42.5 Å². The molecule has 0 radical (unpaired) electrons. The zero-order chi connectivity index (χ0) is 13.3. The number of rotatable bonds is 3. The van der Waals surface area contributed by atoms with E-state index in [2.05, 4.69) is 18.2 Å². The summed E-state index contributed by atoms with van der Waals surface area (Å²) in [5, 5.41) is 0. The first-order chi connectivity index (χ1) is 9.14. The molecule has 1 atom stereocenters. The molecule has 3 heteroatoms. The predicted molar refractivity (Wildman–Crippen MR) is 73.5 cm³/mol. The molecular formula is C16H18O3. The second-order valence-electron chi connectivity index (χ2n) is 5.24. The Labute approximate surface area is 113 Å².